The fourth-order valence-corrected chi connectivity index (χ4v) is 11.7. The predicted molar refractivity (Wildman–Crippen MR) is 257 cm³/mol. The molecule has 0 aromatic heterocycles. The van der Waals surface area contributed by atoms with Gasteiger partial charge in [0.2, 0.25) is 0 Å². The van der Waals surface area contributed by atoms with E-state index < -0.39 is 99.5 Å². The van der Waals surface area contributed by atoms with Crippen molar-refractivity contribution in [3.8, 4) is 11.5 Å². The Morgan fingerprint density at radius 1 is 0.581 bits per heavy atom. The van der Waals surface area contributed by atoms with Crippen LogP contribution in [0.2, 0.25) is 0 Å². The summed E-state index contributed by atoms with van der Waals surface area (Å²) in [7, 11) is -8.92. The fourth-order valence-electron chi connectivity index (χ4n) is 8.58. The smallest absolute Gasteiger partial charge is 0.416 e. The Morgan fingerprint density at radius 2 is 0.932 bits per heavy atom. The summed E-state index contributed by atoms with van der Waals surface area (Å²) in [6.07, 6.45) is -6.17. The summed E-state index contributed by atoms with van der Waals surface area (Å²) in [6.45, 7) is 9.95. The number of ether oxygens (including phenoxy) is 4. The lowest BCUT2D eigenvalue weighted by atomic mass is 9.99. The summed E-state index contributed by atoms with van der Waals surface area (Å²) < 4.78 is 159. The van der Waals surface area contributed by atoms with Crippen molar-refractivity contribution in [2.75, 3.05) is 21.7 Å². The van der Waals surface area contributed by atoms with Gasteiger partial charge in [0, 0.05) is 10.8 Å². The number of sulfonamides is 2. The molecule has 2 aliphatic heterocycles. The first kappa shape index (κ1) is 55.6. The first-order valence-electron chi connectivity index (χ1n) is 23.6. The summed E-state index contributed by atoms with van der Waals surface area (Å²) in [4.78, 5) is 46.7. The summed E-state index contributed by atoms with van der Waals surface area (Å²) >= 11 is 0. The van der Waals surface area contributed by atoms with Crippen molar-refractivity contribution in [1.29, 1.82) is 0 Å². The number of anilines is 2. The summed E-state index contributed by atoms with van der Waals surface area (Å²) in [6, 6.07) is 16.3. The van der Waals surface area contributed by atoms with Gasteiger partial charge < -0.3 is 28.5 Å². The average molecular weight is 1080 g/mol. The Balaban J connectivity index is 0.000000216. The molecule has 0 amide bonds. The van der Waals surface area contributed by atoms with Crippen molar-refractivity contribution in [2.45, 2.75) is 138 Å². The quantitative estimate of drug-likeness (QED) is 0.0664. The molecule has 2 atom stereocenters. The largest absolute Gasteiger partial charge is 0.486 e. The van der Waals surface area contributed by atoms with Gasteiger partial charge in [0.1, 0.15) is 47.5 Å². The van der Waals surface area contributed by atoms with E-state index in [4.69, 9.17) is 18.9 Å². The molecule has 0 radical (unpaired) electrons. The predicted octanol–water partition coefficient (Wildman–Crippen LogP) is 9.83. The van der Waals surface area contributed by atoms with Crippen LogP contribution < -0.4 is 18.1 Å². The highest BCUT2D eigenvalue weighted by Gasteiger charge is 2.49. The van der Waals surface area contributed by atoms with Gasteiger partial charge in [-0.25, -0.2) is 16.8 Å². The van der Waals surface area contributed by atoms with Crippen LogP contribution >= 0.6 is 0 Å². The molecule has 22 heteroatoms. The molecule has 0 N–H and O–H groups in total. The minimum absolute atomic E-state index is 0.102. The Kier molecular flexibility index (Phi) is 15.2. The molecule has 4 aromatic carbocycles. The van der Waals surface area contributed by atoms with E-state index in [9.17, 15) is 62.4 Å². The number of carbonyl (C=O) groups is 4. The molecular formula is C52H56F6N2O12S2. The Morgan fingerprint density at radius 3 is 1.23 bits per heavy atom. The van der Waals surface area contributed by atoms with Crippen LogP contribution in [0.4, 0.5) is 37.7 Å². The fraction of sp³-hybridized carbons (Fsp3) is 0.462. The number of rotatable bonds is 14. The lowest BCUT2D eigenvalue weighted by Gasteiger charge is -2.36. The third kappa shape index (κ3) is 13.4. The molecule has 400 valence electrons. The second-order valence-electron chi connectivity index (χ2n) is 21.1. The van der Waals surface area contributed by atoms with Crippen molar-refractivity contribution in [1.82, 2.24) is 0 Å². The average Bonchev–Trinajstić information content (AvgIpc) is 4.25. The molecule has 2 fully saturated rings. The van der Waals surface area contributed by atoms with Crippen LogP contribution in [0, 0.1) is 10.8 Å². The first-order valence-corrected chi connectivity index (χ1v) is 26.5. The van der Waals surface area contributed by atoms with Gasteiger partial charge in [0.15, 0.2) is 0 Å². The molecule has 2 aliphatic carbocycles. The highest BCUT2D eigenvalue weighted by Crippen LogP contribution is 2.51. The second kappa shape index (κ2) is 20.2. The van der Waals surface area contributed by atoms with Crippen LogP contribution in [-0.4, -0.2) is 77.8 Å². The van der Waals surface area contributed by atoms with Crippen LogP contribution in [0.15, 0.2) is 94.7 Å². The van der Waals surface area contributed by atoms with E-state index in [-0.39, 0.29) is 61.6 Å². The molecule has 4 aliphatic rings. The van der Waals surface area contributed by atoms with Crippen LogP contribution in [-0.2, 0) is 73.9 Å². The molecule has 74 heavy (non-hydrogen) atoms. The van der Waals surface area contributed by atoms with Crippen molar-refractivity contribution in [2.24, 2.45) is 10.8 Å². The van der Waals surface area contributed by atoms with Crippen LogP contribution in [0.25, 0.3) is 0 Å². The zero-order valence-corrected chi connectivity index (χ0v) is 43.0. The number of hydrogen-bond acceptors (Lipinski definition) is 12. The molecule has 2 saturated carbocycles. The molecule has 0 unspecified atom stereocenters. The number of esters is 2. The van der Waals surface area contributed by atoms with Crippen LogP contribution in [0.1, 0.15) is 102 Å². The summed E-state index contributed by atoms with van der Waals surface area (Å²) in [5.41, 5.74) is -3.65. The van der Waals surface area contributed by atoms with Gasteiger partial charge in [-0.1, -0.05) is 24.3 Å². The summed E-state index contributed by atoms with van der Waals surface area (Å²) in [5, 5.41) is 0. The van der Waals surface area contributed by atoms with Crippen molar-refractivity contribution >= 4 is 55.9 Å². The number of aldehydes is 2. The van der Waals surface area contributed by atoms with Crippen molar-refractivity contribution < 1.29 is 81.3 Å². The molecule has 4 aromatic rings. The number of nitrogens with zero attached hydrogens (tertiary/aromatic N) is 2. The zero-order valence-electron chi connectivity index (χ0n) is 41.3. The first-order chi connectivity index (χ1) is 34.2. The lowest BCUT2D eigenvalue weighted by molar-refractivity contribution is -0.155. The highest BCUT2D eigenvalue weighted by atomic mass is 32.2. The molecule has 14 nitrogen and oxygen atoms in total. The number of halogens is 6. The monoisotopic (exact) mass is 1080 g/mol. The number of alkyl halides is 6. The molecule has 0 spiro atoms. The Bertz CT molecular complexity index is 2830. The molecule has 0 bridgehead atoms. The molecule has 0 saturated heterocycles. The van der Waals surface area contributed by atoms with E-state index in [0.29, 0.717) is 48.9 Å². The Hall–Kier alpha value is -6.16. The van der Waals surface area contributed by atoms with Gasteiger partial charge in [-0.2, -0.15) is 26.3 Å². The lowest BCUT2D eigenvalue weighted by Crippen LogP contribution is -2.44. The third-order valence-electron chi connectivity index (χ3n) is 12.5. The van der Waals surface area contributed by atoms with E-state index >= 15 is 0 Å². The number of fused-ring (bicyclic) bond motifs is 2. The van der Waals surface area contributed by atoms with Crippen molar-refractivity contribution in [3.05, 3.63) is 107 Å². The van der Waals surface area contributed by atoms with Gasteiger partial charge in [-0.05, 0) is 152 Å². The maximum Gasteiger partial charge on any atom is 0.416 e. The van der Waals surface area contributed by atoms with Crippen LogP contribution in [0.5, 0.6) is 11.5 Å². The van der Waals surface area contributed by atoms with E-state index in [1.165, 1.54) is 24.3 Å². The van der Waals surface area contributed by atoms with Gasteiger partial charge in [0.05, 0.1) is 58.2 Å². The van der Waals surface area contributed by atoms with Crippen LogP contribution in [0.3, 0.4) is 0 Å². The van der Waals surface area contributed by atoms with Gasteiger partial charge in [-0.3, -0.25) is 18.2 Å². The van der Waals surface area contributed by atoms with Gasteiger partial charge in [-0.15, -0.1) is 0 Å². The molecular weight excluding hydrogens is 1020 g/mol. The Labute approximate surface area is 425 Å². The van der Waals surface area contributed by atoms with E-state index in [0.717, 1.165) is 57.6 Å². The minimum Gasteiger partial charge on any atom is -0.486 e. The highest BCUT2D eigenvalue weighted by molar-refractivity contribution is 7.93. The van der Waals surface area contributed by atoms with E-state index in [1.54, 1.807) is 53.7 Å². The normalized spacial score (nSPS) is 19.0. The standard InChI is InChI=1S/2C26H28F3NO6S/c2*1-24(2,3)36-23(32)12-17-7-8-22-21(11-17)30(15-19(35-22)14-25(16-31)9-10-25)37(33,34)20-6-4-5-18(13-20)26(27,28)29/h2*4-8,11,13,16,19H,9-10,12,14-15H2,1-3H3/t2*19-/m10/s1. The number of hydrogen-bond donors (Lipinski definition) is 0. The zero-order chi connectivity index (χ0) is 54.5. The van der Waals surface area contributed by atoms with Gasteiger partial charge in [0.25, 0.3) is 20.0 Å². The molecule has 2 heterocycles. The SMILES string of the molecule is CC(C)(C)OC(=O)Cc1ccc2c(c1)N(S(=O)(=O)c1cccc(C(F)(F)F)c1)C[C@@H](CC1(C=O)CC1)O2.CC(C)(C)OC(=O)Cc1ccc2c(c1)N(S(=O)(=O)c1cccc(C(F)(F)F)c1)C[C@H](CC1(C=O)CC1)O2. The molecule has 8 rings (SSSR count). The minimum atomic E-state index is -4.72. The second-order valence-corrected chi connectivity index (χ2v) is 24.8. The number of carbonyl (C=O) groups excluding carboxylic acids is 4. The maximum atomic E-state index is 13.7. The van der Waals surface area contributed by atoms with Gasteiger partial charge >= 0.3 is 24.3 Å². The summed E-state index contributed by atoms with van der Waals surface area (Å²) in [5.74, 6) is -0.644. The third-order valence-corrected chi connectivity index (χ3v) is 16.1. The van der Waals surface area contributed by atoms with E-state index in [2.05, 4.69) is 0 Å². The topological polar surface area (TPSA) is 180 Å². The number of benzene rings is 4. The van der Waals surface area contributed by atoms with Crippen molar-refractivity contribution in [3.63, 3.8) is 0 Å². The van der Waals surface area contributed by atoms with E-state index in [1.807, 2.05) is 0 Å². The maximum absolute atomic E-state index is 13.7.